The first kappa shape index (κ1) is 19.9. The van der Waals surface area contributed by atoms with Crippen LogP contribution in [-0.2, 0) is 0 Å². The Labute approximate surface area is 179 Å². The maximum Gasteiger partial charge on any atom is 0.258 e. The summed E-state index contributed by atoms with van der Waals surface area (Å²) in [4.78, 5) is 39.5. The van der Waals surface area contributed by atoms with E-state index in [0.29, 0.717) is 52.5 Å². The fourth-order valence-corrected chi connectivity index (χ4v) is 3.73. The Morgan fingerprint density at radius 3 is 2.37 bits per heavy atom. The number of hydrogen-bond acceptors (Lipinski definition) is 3. The van der Waals surface area contributed by atoms with Crippen LogP contribution in [0.4, 0.5) is 11.4 Å². The summed E-state index contributed by atoms with van der Waals surface area (Å²) in [6.45, 7) is 0.479. The quantitative estimate of drug-likeness (QED) is 0.634. The first-order valence-corrected chi connectivity index (χ1v) is 10.0. The molecule has 6 heteroatoms. The molecule has 0 saturated carbocycles. The number of Topliss-reactive ketones (excluding diaryl/α,β-unsaturated/α-hetero) is 1. The Kier molecular flexibility index (Phi) is 5.63. The fraction of sp³-hybridized carbons (Fsp3) is 0.125. The van der Waals surface area contributed by atoms with E-state index >= 15 is 0 Å². The highest BCUT2D eigenvalue weighted by molar-refractivity contribution is 6.34. The van der Waals surface area contributed by atoms with Gasteiger partial charge in [-0.2, -0.15) is 0 Å². The van der Waals surface area contributed by atoms with Gasteiger partial charge in [-0.1, -0.05) is 35.9 Å². The van der Waals surface area contributed by atoms with Crippen LogP contribution < -0.4 is 10.2 Å². The summed E-state index contributed by atoms with van der Waals surface area (Å²) in [6.07, 6.45) is 1.04. The van der Waals surface area contributed by atoms with Crippen molar-refractivity contribution in [2.45, 2.75) is 12.8 Å². The third-order valence-corrected chi connectivity index (χ3v) is 5.36. The standard InChI is InChI=1S/C24H19ClN2O3/c25-20-8-3-1-6-18(20)23(29)26-17-13-11-16(12-14-17)24(30)27-15-5-10-22(28)19-7-2-4-9-21(19)27/h1-4,6-9,11-14H,5,10,15H2,(H,26,29). The molecular weight excluding hydrogens is 400 g/mol. The van der Waals surface area contributed by atoms with Gasteiger partial charge < -0.3 is 10.2 Å². The lowest BCUT2D eigenvalue weighted by Gasteiger charge is -2.22. The number of benzene rings is 3. The summed E-state index contributed by atoms with van der Waals surface area (Å²) in [5.41, 5.74) is 2.64. The smallest absolute Gasteiger partial charge is 0.258 e. The third-order valence-electron chi connectivity index (χ3n) is 5.03. The van der Waals surface area contributed by atoms with Gasteiger partial charge in [0.1, 0.15) is 0 Å². The highest BCUT2D eigenvalue weighted by Gasteiger charge is 2.25. The number of nitrogens with zero attached hydrogens (tertiary/aromatic N) is 1. The van der Waals surface area contributed by atoms with Crippen molar-refractivity contribution in [2.75, 3.05) is 16.8 Å². The van der Waals surface area contributed by atoms with Crippen molar-refractivity contribution < 1.29 is 14.4 Å². The molecule has 1 N–H and O–H groups in total. The number of para-hydroxylation sites is 1. The van der Waals surface area contributed by atoms with Gasteiger partial charge in [0.15, 0.2) is 5.78 Å². The third kappa shape index (κ3) is 3.98. The van der Waals surface area contributed by atoms with Crippen LogP contribution in [0, 0.1) is 0 Å². The molecule has 150 valence electrons. The molecule has 3 aromatic rings. The van der Waals surface area contributed by atoms with E-state index in [4.69, 9.17) is 11.6 Å². The first-order valence-electron chi connectivity index (χ1n) is 9.64. The molecule has 0 aromatic heterocycles. The highest BCUT2D eigenvalue weighted by atomic mass is 35.5. The van der Waals surface area contributed by atoms with E-state index < -0.39 is 0 Å². The van der Waals surface area contributed by atoms with E-state index in [0.717, 1.165) is 0 Å². The van der Waals surface area contributed by atoms with Gasteiger partial charge in [-0.25, -0.2) is 0 Å². The summed E-state index contributed by atoms with van der Waals surface area (Å²) in [7, 11) is 0. The SMILES string of the molecule is O=C(Nc1ccc(C(=O)N2CCCC(=O)c3ccccc32)cc1)c1ccccc1Cl. The van der Waals surface area contributed by atoms with E-state index in [1.807, 2.05) is 6.07 Å². The van der Waals surface area contributed by atoms with Gasteiger partial charge in [-0.05, 0) is 55.0 Å². The van der Waals surface area contributed by atoms with Crippen molar-refractivity contribution in [3.05, 3.63) is 94.5 Å². The Bertz CT molecular complexity index is 1130. The Balaban J connectivity index is 1.54. The number of fused-ring (bicyclic) bond motifs is 1. The lowest BCUT2D eigenvalue weighted by atomic mass is 10.1. The van der Waals surface area contributed by atoms with Crippen molar-refractivity contribution in [2.24, 2.45) is 0 Å². The zero-order valence-corrected chi connectivity index (χ0v) is 16.9. The number of anilines is 2. The molecule has 1 heterocycles. The fourth-order valence-electron chi connectivity index (χ4n) is 3.50. The number of rotatable bonds is 3. The van der Waals surface area contributed by atoms with Crippen LogP contribution in [0.5, 0.6) is 0 Å². The maximum absolute atomic E-state index is 13.1. The van der Waals surface area contributed by atoms with Gasteiger partial charge in [0.2, 0.25) is 0 Å². The molecule has 1 aliphatic rings. The molecule has 0 bridgehead atoms. The topological polar surface area (TPSA) is 66.5 Å². The van der Waals surface area contributed by atoms with Crippen molar-refractivity contribution in [3.63, 3.8) is 0 Å². The van der Waals surface area contributed by atoms with Gasteiger partial charge in [-0.3, -0.25) is 14.4 Å². The van der Waals surface area contributed by atoms with E-state index in [1.54, 1.807) is 71.6 Å². The van der Waals surface area contributed by atoms with Crippen molar-refractivity contribution in [3.8, 4) is 0 Å². The molecule has 0 saturated heterocycles. The predicted molar refractivity (Wildman–Crippen MR) is 118 cm³/mol. The van der Waals surface area contributed by atoms with Crippen LogP contribution in [0.2, 0.25) is 5.02 Å². The molecule has 1 aliphatic heterocycles. The summed E-state index contributed by atoms with van der Waals surface area (Å²) in [6, 6.07) is 20.7. The Morgan fingerprint density at radius 1 is 0.900 bits per heavy atom. The van der Waals surface area contributed by atoms with Crippen LogP contribution in [0.3, 0.4) is 0 Å². The summed E-state index contributed by atoms with van der Waals surface area (Å²) in [5, 5.41) is 3.15. The minimum atomic E-state index is -0.320. The van der Waals surface area contributed by atoms with Crippen molar-refractivity contribution in [1.82, 2.24) is 0 Å². The van der Waals surface area contributed by atoms with E-state index in [9.17, 15) is 14.4 Å². The van der Waals surface area contributed by atoms with Crippen LogP contribution >= 0.6 is 11.6 Å². The molecule has 30 heavy (non-hydrogen) atoms. The maximum atomic E-state index is 13.1. The second-order valence-electron chi connectivity index (χ2n) is 7.01. The molecule has 0 aliphatic carbocycles. The van der Waals surface area contributed by atoms with E-state index in [1.165, 1.54) is 0 Å². The minimum Gasteiger partial charge on any atom is -0.322 e. The molecular formula is C24H19ClN2O3. The van der Waals surface area contributed by atoms with Gasteiger partial charge in [0, 0.05) is 29.8 Å². The Hall–Kier alpha value is -3.44. The van der Waals surface area contributed by atoms with Crippen LogP contribution in [0.25, 0.3) is 0 Å². The van der Waals surface area contributed by atoms with Crippen molar-refractivity contribution in [1.29, 1.82) is 0 Å². The number of hydrogen-bond donors (Lipinski definition) is 1. The van der Waals surface area contributed by atoms with Gasteiger partial charge in [0.25, 0.3) is 11.8 Å². The zero-order chi connectivity index (χ0) is 21.1. The summed E-state index contributed by atoms with van der Waals surface area (Å²) in [5.74, 6) is -0.445. The van der Waals surface area contributed by atoms with Crippen molar-refractivity contribution >= 4 is 40.6 Å². The summed E-state index contributed by atoms with van der Waals surface area (Å²) < 4.78 is 0. The molecule has 0 radical (unpaired) electrons. The number of carbonyl (C=O) groups excluding carboxylic acids is 3. The minimum absolute atomic E-state index is 0.0542. The average molecular weight is 419 g/mol. The molecule has 2 amide bonds. The molecule has 3 aromatic carbocycles. The molecule has 5 nitrogen and oxygen atoms in total. The lowest BCUT2D eigenvalue weighted by Crippen LogP contribution is -2.31. The Morgan fingerprint density at radius 2 is 1.60 bits per heavy atom. The predicted octanol–water partition coefficient (Wildman–Crippen LogP) is 5.22. The van der Waals surface area contributed by atoms with Crippen LogP contribution in [0.15, 0.2) is 72.8 Å². The number of nitrogens with one attached hydrogen (secondary N) is 1. The average Bonchev–Trinajstić information content (AvgIpc) is 2.93. The molecule has 0 spiro atoms. The van der Waals surface area contributed by atoms with E-state index in [2.05, 4.69) is 5.32 Å². The van der Waals surface area contributed by atoms with Crippen LogP contribution in [-0.4, -0.2) is 24.1 Å². The first-order chi connectivity index (χ1) is 14.5. The molecule has 0 fully saturated rings. The summed E-state index contributed by atoms with van der Waals surface area (Å²) >= 11 is 6.07. The second kappa shape index (κ2) is 8.51. The number of amides is 2. The van der Waals surface area contributed by atoms with Gasteiger partial charge >= 0.3 is 0 Å². The second-order valence-corrected chi connectivity index (χ2v) is 7.42. The monoisotopic (exact) mass is 418 g/mol. The lowest BCUT2D eigenvalue weighted by molar-refractivity contribution is 0.0973. The largest absolute Gasteiger partial charge is 0.322 e. The number of carbonyl (C=O) groups is 3. The molecule has 0 unspecified atom stereocenters. The number of ketones is 1. The zero-order valence-electron chi connectivity index (χ0n) is 16.1. The highest BCUT2D eigenvalue weighted by Crippen LogP contribution is 2.28. The number of halogens is 1. The van der Waals surface area contributed by atoms with Gasteiger partial charge in [0.05, 0.1) is 16.3 Å². The van der Waals surface area contributed by atoms with Crippen LogP contribution in [0.1, 0.15) is 43.9 Å². The molecule has 0 atom stereocenters. The van der Waals surface area contributed by atoms with Gasteiger partial charge in [-0.15, -0.1) is 0 Å². The molecule has 4 rings (SSSR count). The normalized spacial score (nSPS) is 13.4. The van der Waals surface area contributed by atoms with E-state index in [-0.39, 0.29) is 17.6 Å².